The quantitative estimate of drug-likeness (QED) is 0.183. The predicted molar refractivity (Wildman–Crippen MR) is 163 cm³/mol. The van der Waals surface area contributed by atoms with Crippen molar-refractivity contribution >= 4 is 30.9 Å². The number of nitrogens with zero attached hydrogens (tertiary/aromatic N) is 3. The van der Waals surface area contributed by atoms with Crippen molar-refractivity contribution in [3.8, 4) is 11.3 Å². The number of amides is 1. The molecule has 216 valence electrons. The van der Waals surface area contributed by atoms with Gasteiger partial charge in [0.1, 0.15) is 12.2 Å². The summed E-state index contributed by atoms with van der Waals surface area (Å²) in [6, 6.07) is 9.08. The highest BCUT2D eigenvalue weighted by atomic mass is 28.3. The lowest BCUT2D eigenvalue weighted by Gasteiger charge is -2.34. The number of carbonyl (C=O) groups excluding carboxylic acids is 2. The van der Waals surface area contributed by atoms with Crippen molar-refractivity contribution in [2.24, 2.45) is 10.8 Å². The molecule has 1 aromatic carbocycles. The van der Waals surface area contributed by atoms with E-state index in [0.717, 1.165) is 36.7 Å². The maximum Gasteiger partial charge on any atom is 0.217 e. The van der Waals surface area contributed by atoms with E-state index in [1.165, 1.54) is 0 Å². The monoisotopic (exact) mass is 563 g/mol. The Kier molecular flexibility index (Phi) is 8.68. The van der Waals surface area contributed by atoms with Crippen molar-refractivity contribution in [1.29, 1.82) is 0 Å². The van der Waals surface area contributed by atoms with E-state index in [2.05, 4.69) is 49.3 Å². The highest BCUT2D eigenvalue weighted by Gasteiger charge is 2.38. The van der Waals surface area contributed by atoms with Crippen molar-refractivity contribution < 1.29 is 14.3 Å². The van der Waals surface area contributed by atoms with E-state index in [1.807, 2.05) is 43.7 Å². The topological polar surface area (TPSA) is 98.1 Å². The molecule has 2 unspecified atom stereocenters. The number of nitrogens with one attached hydrogen (secondary N) is 2. The molecule has 1 amide bonds. The number of aromatic nitrogens is 3. The van der Waals surface area contributed by atoms with Crippen LogP contribution in [0.25, 0.3) is 22.4 Å². The fraction of sp³-hybridized carbons (Fsp3) is 0.548. The second-order valence-corrected chi connectivity index (χ2v) is 19.3. The van der Waals surface area contributed by atoms with Gasteiger partial charge < -0.3 is 19.9 Å². The summed E-state index contributed by atoms with van der Waals surface area (Å²) in [5.41, 5.74) is 3.73. The van der Waals surface area contributed by atoms with E-state index in [9.17, 15) is 9.59 Å². The van der Waals surface area contributed by atoms with Gasteiger partial charge in [0.25, 0.3) is 0 Å². The molecule has 0 radical (unpaired) electrons. The largest absolute Gasteiger partial charge is 0.361 e. The Labute approximate surface area is 239 Å². The number of fused-ring (bicyclic) bond motifs is 1. The van der Waals surface area contributed by atoms with Crippen LogP contribution < -0.4 is 10.6 Å². The van der Waals surface area contributed by atoms with Crippen LogP contribution in [0, 0.1) is 10.8 Å². The lowest BCUT2D eigenvalue weighted by atomic mass is 9.77. The Bertz CT molecular complexity index is 1380. The van der Waals surface area contributed by atoms with E-state index >= 15 is 0 Å². The zero-order valence-corrected chi connectivity index (χ0v) is 26.4. The summed E-state index contributed by atoms with van der Waals surface area (Å²) in [5, 5.41) is 6.63. The fourth-order valence-corrected chi connectivity index (χ4v) is 5.98. The summed E-state index contributed by atoms with van der Waals surface area (Å²) >= 11 is 0. The van der Waals surface area contributed by atoms with Gasteiger partial charge in [0, 0.05) is 50.7 Å². The smallest absolute Gasteiger partial charge is 0.217 e. The third kappa shape index (κ3) is 6.87. The molecule has 0 bridgehead atoms. The van der Waals surface area contributed by atoms with E-state index < -0.39 is 13.5 Å². The number of ketones is 1. The lowest BCUT2D eigenvalue weighted by Crippen LogP contribution is -2.40. The molecule has 0 saturated carbocycles. The van der Waals surface area contributed by atoms with Gasteiger partial charge in [-0.15, -0.1) is 0 Å². The molecule has 0 spiro atoms. The molecule has 1 saturated heterocycles. The summed E-state index contributed by atoms with van der Waals surface area (Å²) in [6.45, 7) is 19.3. The number of hydrogen-bond acceptors (Lipinski definition) is 6. The first-order valence-corrected chi connectivity index (χ1v) is 18.0. The number of carbonyl (C=O) groups is 2. The Morgan fingerprint density at radius 3 is 2.62 bits per heavy atom. The van der Waals surface area contributed by atoms with Gasteiger partial charge in [-0.3, -0.25) is 9.59 Å². The molecular weight excluding hydrogens is 518 g/mol. The molecule has 2 atom stereocenters. The molecule has 1 aliphatic rings. The molecule has 2 N–H and O–H groups in total. The average molecular weight is 564 g/mol. The van der Waals surface area contributed by atoms with Crippen LogP contribution >= 0.6 is 0 Å². The number of benzene rings is 1. The lowest BCUT2D eigenvalue weighted by molar-refractivity contribution is -0.120. The Balaban J connectivity index is 1.72. The zero-order valence-electron chi connectivity index (χ0n) is 25.4. The third-order valence-corrected chi connectivity index (χ3v) is 9.38. The molecule has 4 rings (SSSR count). The van der Waals surface area contributed by atoms with Gasteiger partial charge in [0.05, 0.1) is 23.5 Å². The van der Waals surface area contributed by atoms with Gasteiger partial charge in [-0.05, 0) is 30.6 Å². The first-order chi connectivity index (χ1) is 18.7. The van der Waals surface area contributed by atoms with Crippen molar-refractivity contribution in [3.63, 3.8) is 0 Å². The van der Waals surface area contributed by atoms with Crippen LogP contribution in [0.15, 0.2) is 36.7 Å². The zero-order chi connectivity index (χ0) is 29.3. The summed E-state index contributed by atoms with van der Waals surface area (Å²) in [5.74, 6) is -0.0330. The van der Waals surface area contributed by atoms with Gasteiger partial charge in [0.15, 0.2) is 11.4 Å². The van der Waals surface area contributed by atoms with E-state index in [-0.39, 0.29) is 23.1 Å². The Hall–Kier alpha value is -2.88. The van der Waals surface area contributed by atoms with Crippen LogP contribution in [0.4, 0.5) is 0 Å². The van der Waals surface area contributed by atoms with E-state index in [1.54, 1.807) is 13.1 Å². The second kappa shape index (κ2) is 11.5. The first kappa shape index (κ1) is 30.1. The third-order valence-electron chi connectivity index (χ3n) is 7.68. The Morgan fingerprint density at radius 2 is 2.00 bits per heavy atom. The standard InChI is InChI=1S/C31H45N5O3Si/c1-21(37)34-27(31(5)12-13-32-19-31)23-11-9-10-22(16-23)25-17-33-29-26(35-25)24(28(38)30(2,3)4)18-36(29)20-39-14-15-40(6,7)8/h9-11,16-18,27,32H,12-15,19-20H2,1-8H3,(H,34,37). The van der Waals surface area contributed by atoms with Crippen molar-refractivity contribution in [2.45, 2.75) is 79.5 Å². The van der Waals surface area contributed by atoms with Gasteiger partial charge in [-0.2, -0.15) is 0 Å². The average Bonchev–Trinajstić information content (AvgIpc) is 3.47. The summed E-state index contributed by atoms with van der Waals surface area (Å²) in [6.07, 6.45) is 4.57. The van der Waals surface area contributed by atoms with Crippen LogP contribution in [0.3, 0.4) is 0 Å². The summed E-state index contributed by atoms with van der Waals surface area (Å²) in [7, 11) is -1.21. The van der Waals surface area contributed by atoms with Gasteiger partial charge in [-0.25, -0.2) is 9.97 Å². The maximum atomic E-state index is 13.5. The molecule has 9 heteroatoms. The summed E-state index contributed by atoms with van der Waals surface area (Å²) < 4.78 is 7.90. The minimum Gasteiger partial charge on any atom is -0.361 e. The summed E-state index contributed by atoms with van der Waals surface area (Å²) in [4.78, 5) is 35.4. The second-order valence-electron chi connectivity index (χ2n) is 13.7. The number of Topliss-reactive ketones (excluding diaryl/α,β-unsaturated/α-hetero) is 1. The van der Waals surface area contributed by atoms with E-state index in [0.29, 0.717) is 35.8 Å². The van der Waals surface area contributed by atoms with Gasteiger partial charge >= 0.3 is 0 Å². The molecule has 40 heavy (non-hydrogen) atoms. The van der Waals surface area contributed by atoms with Gasteiger partial charge in [-0.1, -0.05) is 65.5 Å². The van der Waals surface area contributed by atoms with Crippen LogP contribution in [-0.2, 0) is 16.3 Å². The van der Waals surface area contributed by atoms with Crippen molar-refractivity contribution in [1.82, 2.24) is 25.2 Å². The number of ether oxygens (including phenoxy) is 1. The first-order valence-electron chi connectivity index (χ1n) is 14.2. The van der Waals surface area contributed by atoms with Crippen molar-refractivity contribution in [3.05, 3.63) is 47.8 Å². The Morgan fingerprint density at radius 1 is 1.25 bits per heavy atom. The van der Waals surface area contributed by atoms with Crippen LogP contribution in [0.5, 0.6) is 0 Å². The normalized spacial score (nSPS) is 18.7. The van der Waals surface area contributed by atoms with Gasteiger partial charge in [0.2, 0.25) is 5.91 Å². The minimum absolute atomic E-state index is 0.0194. The molecular formula is C31H45N5O3Si. The highest BCUT2D eigenvalue weighted by molar-refractivity contribution is 6.76. The molecule has 1 aliphatic heterocycles. The van der Waals surface area contributed by atoms with Crippen LogP contribution in [0.1, 0.15) is 63.0 Å². The highest BCUT2D eigenvalue weighted by Crippen LogP contribution is 2.40. The van der Waals surface area contributed by atoms with Crippen LogP contribution in [0.2, 0.25) is 25.7 Å². The molecule has 2 aromatic heterocycles. The molecule has 1 fully saturated rings. The fourth-order valence-electron chi connectivity index (χ4n) is 5.22. The molecule has 3 heterocycles. The molecule has 0 aliphatic carbocycles. The molecule has 8 nitrogen and oxygen atoms in total. The van der Waals surface area contributed by atoms with Crippen molar-refractivity contribution in [2.75, 3.05) is 19.7 Å². The SMILES string of the molecule is CC(=O)NC(c1cccc(-c2cnc3c(n2)c(C(=O)C(C)(C)C)cn3COCC[Si](C)(C)C)c1)C1(C)CCNC1. The molecule has 3 aromatic rings. The van der Waals surface area contributed by atoms with E-state index in [4.69, 9.17) is 14.7 Å². The number of hydrogen-bond donors (Lipinski definition) is 2. The van der Waals surface area contributed by atoms with Crippen LogP contribution in [-0.4, -0.2) is 54.0 Å². The maximum absolute atomic E-state index is 13.5. The predicted octanol–water partition coefficient (Wildman–Crippen LogP) is 5.82. The number of rotatable bonds is 10. The minimum atomic E-state index is -1.21.